The van der Waals surface area contributed by atoms with E-state index >= 15 is 0 Å². The second-order valence-corrected chi connectivity index (χ2v) is 6.73. The SMILES string of the molecule is c1ncc(-c2ccc(NC3CNCC4(CCOCC4)C3)cc2)o1. The van der Waals surface area contributed by atoms with Gasteiger partial charge < -0.3 is 19.8 Å². The molecule has 5 nitrogen and oxygen atoms in total. The van der Waals surface area contributed by atoms with E-state index in [9.17, 15) is 0 Å². The Morgan fingerprint density at radius 2 is 2.00 bits per heavy atom. The summed E-state index contributed by atoms with van der Waals surface area (Å²) in [7, 11) is 0. The number of oxazole rings is 1. The van der Waals surface area contributed by atoms with Crippen LogP contribution in [0.1, 0.15) is 19.3 Å². The lowest BCUT2D eigenvalue weighted by Crippen LogP contribution is -2.51. The first-order chi connectivity index (χ1) is 11.3. The molecule has 2 aliphatic rings. The van der Waals surface area contributed by atoms with Crippen molar-refractivity contribution in [2.45, 2.75) is 25.3 Å². The standard InChI is InChI=1S/C18H23N3O2/c1-3-15(4-2-14(1)17-11-20-13-23-17)21-16-9-18(12-19-10-16)5-7-22-8-6-18/h1-4,11,13,16,19,21H,5-10,12H2. The van der Waals surface area contributed by atoms with Crippen molar-refractivity contribution < 1.29 is 9.15 Å². The van der Waals surface area contributed by atoms with Crippen molar-refractivity contribution >= 4 is 5.69 Å². The molecule has 0 aliphatic carbocycles. The van der Waals surface area contributed by atoms with Gasteiger partial charge in [0.1, 0.15) is 0 Å². The van der Waals surface area contributed by atoms with E-state index in [-0.39, 0.29) is 0 Å². The Kier molecular flexibility index (Phi) is 4.06. The normalized spacial score (nSPS) is 23.7. The molecule has 2 aliphatic heterocycles. The highest BCUT2D eigenvalue weighted by atomic mass is 16.5. The number of benzene rings is 1. The van der Waals surface area contributed by atoms with Crippen LogP contribution in [0.25, 0.3) is 11.3 Å². The predicted octanol–water partition coefficient (Wildman–Crippen LogP) is 2.91. The van der Waals surface area contributed by atoms with Gasteiger partial charge in [0.15, 0.2) is 12.2 Å². The highest BCUT2D eigenvalue weighted by molar-refractivity contribution is 5.60. The number of hydrogen-bond acceptors (Lipinski definition) is 5. The molecule has 2 saturated heterocycles. The molecule has 1 aromatic heterocycles. The fourth-order valence-electron chi connectivity index (χ4n) is 3.79. The fraction of sp³-hybridized carbons (Fsp3) is 0.500. The summed E-state index contributed by atoms with van der Waals surface area (Å²) in [5, 5.41) is 7.28. The van der Waals surface area contributed by atoms with Crippen molar-refractivity contribution in [1.82, 2.24) is 10.3 Å². The zero-order chi connectivity index (χ0) is 15.5. The van der Waals surface area contributed by atoms with Crippen molar-refractivity contribution in [2.24, 2.45) is 5.41 Å². The van der Waals surface area contributed by atoms with Crippen LogP contribution in [-0.2, 0) is 4.74 Å². The van der Waals surface area contributed by atoms with Gasteiger partial charge in [-0.1, -0.05) is 0 Å². The molecule has 2 N–H and O–H groups in total. The Bertz CT molecular complexity index is 613. The van der Waals surface area contributed by atoms with Gasteiger partial charge in [-0.3, -0.25) is 0 Å². The first-order valence-electron chi connectivity index (χ1n) is 8.37. The monoisotopic (exact) mass is 313 g/mol. The second kappa shape index (κ2) is 6.34. The van der Waals surface area contributed by atoms with E-state index in [1.165, 1.54) is 25.7 Å². The van der Waals surface area contributed by atoms with E-state index in [4.69, 9.17) is 9.15 Å². The molecule has 2 fully saturated rings. The maximum atomic E-state index is 5.54. The summed E-state index contributed by atoms with van der Waals surface area (Å²) in [6, 6.07) is 8.84. The van der Waals surface area contributed by atoms with Crippen molar-refractivity contribution in [3.63, 3.8) is 0 Å². The molecule has 0 radical (unpaired) electrons. The van der Waals surface area contributed by atoms with E-state index < -0.39 is 0 Å². The fourth-order valence-corrected chi connectivity index (χ4v) is 3.79. The third-order valence-electron chi connectivity index (χ3n) is 5.10. The maximum Gasteiger partial charge on any atom is 0.181 e. The number of nitrogens with zero attached hydrogens (tertiary/aromatic N) is 1. The molecular formula is C18H23N3O2. The molecule has 1 aromatic carbocycles. The number of ether oxygens (including phenoxy) is 1. The van der Waals surface area contributed by atoms with Gasteiger partial charge in [-0.2, -0.15) is 0 Å². The van der Waals surface area contributed by atoms with Crippen molar-refractivity contribution in [3.05, 3.63) is 36.9 Å². The summed E-state index contributed by atoms with van der Waals surface area (Å²) >= 11 is 0. The molecule has 1 unspecified atom stereocenters. The first kappa shape index (κ1) is 14.7. The lowest BCUT2D eigenvalue weighted by molar-refractivity contribution is 0.000376. The lowest BCUT2D eigenvalue weighted by atomic mass is 9.73. The van der Waals surface area contributed by atoms with Crippen LogP contribution in [0, 0.1) is 5.41 Å². The molecule has 0 bridgehead atoms. The third-order valence-corrected chi connectivity index (χ3v) is 5.10. The van der Waals surface area contributed by atoms with Gasteiger partial charge >= 0.3 is 0 Å². The number of nitrogens with one attached hydrogen (secondary N) is 2. The molecular weight excluding hydrogens is 290 g/mol. The molecule has 0 amide bonds. The number of piperidine rings is 1. The van der Waals surface area contributed by atoms with Crippen LogP contribution in [0.5, 0.6) is 0 Å². The zero-order valence-electron chi connectivity index (χ0n) is 13.3. The number of rotatable bonds is 3. The summed E-state index contributed by atoms with van der Waals surface area (Å²) in [5.74, 6) is 0.803. The summed E-state index contributed by atoms with van der Waals surface area (Å²) in [4.78, 5) is 3.96. The molecule has 1 spiro atoms. The molecule has 3 heterocycles. The van der Waals surface area contributed by atoms with Gasteiger partial charge in [-0.25, -0.2) is 4.98 Å². The van der Waals surface area contributed by atoms with Gasteiger partial charge in [0, 0.05) is 43.6 Å². The van der Waals surface area contributed by atoms with Gasteiger partial charge in [-0.15, -0.1) is 0 Å². The van der Waals surface area contributed by atoms with Crippen molar-refractivity contribution in [1.29, 1.82) is 0 Å². The molecule has 23 heavy (non-hydrogen) atoms. The zero-order valence-corrected chi connectivity index (χ0v) is 13.3. The van der Waals surface area contributed by atoms with Gasteiger partial charge in [0.2, 0.25) is 0 Å². The average Bonchev–Trinajstić information content (AvgIpc) is 3.11. The largest absolute Gasteiger partial charge is 0.444 e. The van der Waals surface area contributed by atoms with Gasteiger partial charge in [0.05, 0.1) is 6.20 Å². The summed E-state index contributed by atoms with van der Waals surface area (Å²) < 4.78 is 10.9. The number of anilines is 1. The number of hydrogen-bond donors (Lipinski definition) is 2. The Labute approximate surface area is 136 Å². The molecule has 4 rings (SSSR count). The number of aromatic nitrogens is 1. The van der Waals surface area contributed by atoms with E-state index in [2.05, 4.69) is 39.9 Å². The van der Waals surface area contributed by atoms with Crippen molar-refractivity contribution in [3.8, 4) is 11.3 Å². The van der Waals surface area contributed by atoms with E-state index in [0.717, 1.165) is 43.3 Å². The summed E-state index contributed by atoms with van der Waals surface area (Å²) in [6.45, 7) is 3.95. The topological polar surface area (TPSA) is 59.3 Å². The minimum Gasteiger partial charge on any atom is -0.444 e. The second-order valence-electron chi connectivity index (χ2n) is 6.73. The van der Waals surface area contributed by atoms with Crippen LogP contribution in [-0.4, -0.2) is 37.3 Å². The average molecular weight is 313 g/mol. The Morgan fingerprint density at radius 1 is 1.17 bits per heavy atom. The molecule has 0 saturated carbocycles. The molecule has 2 aromatic rings. The van der Waals surface area contributed by atoms with Crippen LogP contribution < -0.4 is 10.6 Å². The Hall–Kier alpha value is -1.85. The molecule has 1 atom stereocenters. The smallest absolute Gasteiger partial charge is 0.181 e. The lowest BCUT2D eigenvalue weighted by Gasteiger charge is -2.44. The summed E-state index contributed by atoms with van der Waals surface area (Å²) in [6.07, 6.45) is 6.75. The summed E-state index contributed by atoms with van der Waals surface area (Å²) in [5.41, 5.74) is 2.62. The highest BCUT2D eigenvalue weighted by Crippen LogP contribution is 2.37. The molecule has 5 heteroatoms. The predicted molar refractivity (Wildman–Crippen MR) is 89.3 cm³/mol. The minimum absolute atomic E-state index is 0.411. The minimum atomic E-state index is 0.411. The van der Waals surface area contributed by atoms with Crippen LogP contribution in [0.15, 0.2) is 41.3 Å². The van der Waals surface area contributed by atoms with E-state index in [1.54, 1.807) is 6.20 Å². The van der Waals surface area contributed by atoms with Gasteiger partial charge in [0.25, 0.3) is 0 Å². The maximum absolute atomic E-state index is 5.54. The van der Waals surface area contributed by atoms with Crippen LogP contribution in [0.4, 0.5) is 5.69 Å². The highest BCUT2D eigenvalue weighted by Gasteiger charge is 2.37. The molecule has 122 valence electrons. The van der Waals surface area contributed by atoms with Gasteiger partial charge in [-0.05, 0) is 48.9 Å². The van der Waals surface area contributed by atoms with Crippen molar-refractivity contribution in [2.75, 3.05) is 31.6 Å². The third kappa shape index (κ3) is 3.26. The van der Waals surface area contributed by atoms with E-state index in [0.29, 0.717) is 11.5 Å². The Morgan fingerprint density at radius 3 is 2.74 bits per heavy atom. The first-order valence-corrected chi connectivity index (χ1v) is 8.37. The van der Waals surface area contributed by atoms with Crippen LogP contribution in [0.2, 0.25) is 0 Å². The Balaban J connectivity index is 1.41. The van der Waals surface area contributed by atoms with Crippen LogP contribution >= 0.6 is 0 Å². The quantitative estimate of drug-likeness (QED) is 0.912. The van der Waals surface area contributed by atoms with Crippen LogP contribution in [0.3, 0.4) is 0 Å². The van der Waals surface area contributed by atoms with E-state index in [1.807, 2.05) is 0 Å².